The summed E-state index contributed by atoms with van der Waals surface area (Å²) < 4.78 is 40.5. The second-order valence-corrected chi connectivity index (χ2v) is 11.7. The Labute approximate surface area is 212 Å². The number of benzene rings is 1. The second kappa shape index (κ2) is 9.76. The lowest BCUT2D eigenvalue weighted by Crippen LogP contribution is -2.15. The van der Waals surface area contributed by atoms with Gasteiger partial charge in [-0.3, -0.25) is 4.72 Å². The van der Waals surface area contributed by atoms with Crippen LogP contribution in [-0.4, -0.2) is 35.5 Å². The molecule has 0 atom stereocenters. The molecule has 0 aliphatic heterocycles. The van der Waals surface area contributed by atoms with Crippen LogP contribution in [0, 0.1) is 0 Å². The van der Waals surface area contributed by atoms with Gasteiger partial charge >= 0.3 is 0 Å². The number of methoxy groups -OCH3 is 1. The maximum Gasteiger partial charge on any atom is 0.272 e. The molecule has 0 saturated heterocycles. The fourth-order valence-electron chi connectivity index (χ4n) is 2.96. The van der Waals surface area contributed by atoms with Crippen molar-refractivity contribution in [3.8, 4) is 28.9 Å². The quantitative estimate of drug-likeness (QED) is 0.309. The maximum atomic E-state index is 13.3. The van der Waals surface area contributed by atoms with Gasteiger partial charge in [0.1, 0.15) is 4.21 Å². The molecule has 12 heteroatoms. The summed E-state index contributed by atoms with van der Waals surface area (Å²) in [4.78, 5) is 17.7. The summed E-state index contributed by atoms with van der Waals surface area (Å²) >= 11 is 7.64. The van der Waals surface area contributed by atoms with Crippen LogP contribution in [-0.2, 0) is 15.4 Å². The Bertz CT molecular complexity index is 1450. The third-order valence-corrected chi connectivity index (χ3v) is 8.29. The summed E-state index contributed by atoms with van der Waals surface area (Å²) in [5.74, 6) is 0.667. The van der Waals surface area contributed by atoms with Crippen molar-refractivity contribution in [2.75, 3.05) is 11.8 Å². The lowest BCUT2D eigenvalue weighted by atomic mass is 9.95. The average Bonchev–Trinajstić information content (AvgIpc) is 3.34. The van der Waals surface area contributed by atoms with Crippen LogP contribution in [0.3, 0.4) is 0 Å². The highest BCUT2D eigenvalue weighted by Gasteiger charge is 2.26. The van der Waals surface area contributed by atoms with E-state index in [9.17, 15) is 8.42 Å². The molecule has 4 rings (SSSR count). The number of hydrogen-bond acceptors (Lipinski definition) is 9. The predicted octanol–water partition coefficient (Wildman–Crippen LogP) is 5.55. The number of nitrogens with one attached hydrogen (secondary N) is 1. The van der Waals surface area contributed by atoms with Crippen molar-refractivity contribution in [2.45, 2.75) is 30.4 Å². The van der Waals surface area contributed by atoms with Crippen LogP contribution in [0.1, 0.15) is 25.6 Å². The Kier molecular flexibility index (Phi) is 6.93. The number of para-hydroxylation sites is 2. The first kappa shape index (κ1) is 24.8. The molecule has 0 unspecified atom stereocenters. The van der Waals surface area contributed by atoms with E-state index in [1.54, 1.807) is 42.5 Å². The highest BCUT2D eigenvalue weighted by atomic mass is 35.5. The number of rotatable bonds is 7. The van der Waals surface area contributed by atoms with Gasteiger partial charge in [0, 0.05) is 17.3 Å². The molecule has 9 nitrogen and oxygen atoms in total. The Morgan fingerprint density at radius 2 is 1.63 bits per heavy atom. The van der Waals surface area contributed by atoms with Gasteiger partial charge in [-0.2, -0.15) is 0 Å². The molecule has 1 aromatic carbocycles. The molecule has 0 bridgehead atoms. The molecule has 3 heterocycles. The minimum absolute atomic E-state index is 0.0298. The molecule has 0 aliphatic carbocycles. The largest absolute Gasteiger partial charge is 0.493 e. The Morgan fingerprint density at radius 3 is 2.26 bits per heavy atom. The number of sulfonamides is 1. The summed E-state index contributed by atoms with van der Waals surface area (Å²) in [5.41, 5.74) is -0.202. The van der Waals surface area contributed by atoms with Gasteiger partial charge in [0.2, 0.25) is 11.6 Å². The number of hydrogen-bond donors (Lipinski definition) is 1. The molecular weight excluding hydrogens is 510 g/mol. The van der Waals surface area contributed by atoms with Crippen LogP contribution in [0.15, 0.2) is 59.1 Å². The van der Waals surface area contributed by atoms with E-state index in [-0.39, 0.29) is 38.0 Å². The van der Waals surface area contributed by atoms with E-state index < -0.39 is 10.0 Å². The molecule has 182 valence electrons. The first-order valence-corrected chi connectivity index (χ1v) is 13.0. The number of thiophene rings is 1. The third kappa shape index (κ3) is 5.53. The zero-order valence-corrected chi connectivity index (χ0v) is 21.7. The van der Waals surface area contributed by atoms with E-state index in [1.165, 1.54) is 30.8 Å². The molecule has 3 aromatic heterocycles. The summed E-state index contributed by atoms with van der Waals surface area (Å²) in [6, 6.07) is 11.8. The normalized spacial score (nSPS) is 11.8. The first-order chi connectivity index (χ1) is 16.6. The van der Waals surface area contributed by atoms with Crippen LogP contribution in [0.2, 0.25) is 5.15 Å². The van der Waals surface area contributed by atoms with Crippen molar-refractivity contribution in [2.24, 2.45) is 0 Å². The van der Waals surface area contributed by atoms with Crippen molar-refractivity contribution in [1.29, 1.82) is 0 Å². The zero-order chi connectivity index (χ0) is 25.2. The van der Waals surface area contributed by atoms with Gasteiger partial charge in [0.25, 0.3) is 10.0 Å². The molecule has 0 radical (unpaired) electrons. The van der Waals surface area contributed by atoms with E-state index in [4.69, 9.17) is 21.1 Å². The predicted molar refractivity (Wildman–Crippen MR) is 135 cm³/mol. The van der Waals surface area contributed by atoms with Gasteiger partial charge < -0.3 is 9.47 Å². The highest BCUT2D eigenvalue weighted by Crippen LogP contribution is 2.40. The SMILES string of the molecule is COc1ccccc1Oc1c(Cl)nc(-c2ncccn2)nc1NS(=O)(=O)c1ccc(C(C)(C)C)s1. The van der Waals surface area contributed by atoms with E-state index in [1.807, 2.05) is 20.8 Å². The Hall–Kier alpha value is -3.28. The minimum atomic E-state index is -4.03. The third-order valence-electron chi connectivity index (χ3n) is 4.69. The topological polar surface area (TPSA) is 116 Å². The fourth-order valence-corrected chi connectivity index (χ4v) is 5.53. The van der Waals surface area contributed by atoms with Crippen molar-refractivity contribution in [1.82, 2.24) is 19.9 Å². The molecule has 0 amide bonds. The van der Waals surface area contributed by atoms with Crippen LogP contribution in [0.4, 0.5) is 5.82 Å². The number of nitrogens with zero attached hydrogens (tertiary/aromatic N) is 4. The monoisotopic (exact) mass is 531 g/mol. The van der Waals surface area contributed by atoms with Crippen molar-refractivity contribution in [3.63, 3.8) is 0 Å². The van der Waals surface area contributed by atoms with Gasteiger partial charge in [-0.05, 0) is 35.7 Å². The summed E-state index contributed by atoms with van der Waals surface area (Å²) in [7, 11) is -2.54. The Morgan fingerprint density at radius 1 is 0.943 bits per heavy atom. The second-order valence-electron chi connectivity index (χ2n) is 8.32. The standard InChI is InChI=1S/C23H22ClN5O4S2/c1-23(2,3)16-10-11-17(34-16)35(30,31)29-20-18(33-15-9-6-5-8-14(15)32-4)19(24)27-22(28-20)21-25-12-7-13-26-21/h5-13H,1-4H3,(H,27,28,29). The summed E-state index contributed by atoms with van der Waals surface area (Å²) in [6.07, 6.45) is 3.03. The molecule has 1 N–H and O–H groups in total. The Balaban J connectivity index is 1.81. The lowest BCUT2D eigenvalue weighted by Gasteiger charge is -2.16. The first-order valence-electron chi connectivity index (χ1n) is 10.4. The van der Waals surface area contributed by atoms with Crippen molar-refractivity contribution in [3.05, 3.63) is 64.9 Å². The minimum Gasteiger partial charge on any atom is -0.493 e. The van der Waals surface area contributed by atoms with Gasteiger partial charge in [-0.1, -0.05) is 44.5 Å². The number of halogens is 1. The lowest BCUT2D eigenvalue weighted by molar-refractivity contribution is 0.378. The maximum absolute atomic E-state index is 13.3. The molecule has 35 heavy (non-hydrogen) atoms. The fraction of sp³-hybridized carbons (Fsp3) is 0.217. The van der Waals surface area contributed by atoms with E-state index >= 15 is 0 Å². The molecule has 0 saturated carbocycles. The van der Waals surface area contributed by atoms with Crippen LogP contribution in [0.25, 0.3) is 11.6 Å². The molecular formula is C23H22ClN5O4S2. The van der Waals surface area contributed by atoms with Gasteiger partial charge in [-0.25, -0.2) is 28.4 Å². The molecule has 0 spiro atoms. The van der Waals surface area contributed by atoms with Crippen LogP contribution >= 0.6 is 22.9 Å². The van der Waals surface area contributed by atoms with E-state index in [0.29, 0.717) is 11.5 Å². The summed E-state index contributed by atoms with van der Waals surface area (Å²) in [5, 5.41) is -0.132. The zero-order valence-electron chi connectivity index (χ0n) is 19.3. The summed E-state index contributed by atoms with van der Waals surface area (Å²) in [6.45, 7) is 6.04. The van der Waals surface area contributed by atoms with Crippen molar-refractivity contribution >= 4 is 38.8 Å². The van der Waals surface area contributed by atoms with Crippen LogP contribution < -0.4 is 14.2 Å². The highest BCUT2D eigenvalue weighted by molar-refractivity contribution is 7.94. The van der Waals surface area contributed by atoms with Gasteiger partial charge in [0.05, 0.1) is 7.11 Å². The van der Waals surface area contributed by atoms with E-state index in [2.05, 4.69) is 24.7 Å². The van der Waals surface area contributed by atoms with Crippen molar-refractivity contribution < 1.29 is 17.9 Å². The molecule has 4 aromatic rings. The van der Waals surface area contributed by atoms with Gasteiger partial charge in [0.15, 0.2) is 28.3 Å². The number of anilines is 1. The van der Waals surface area contributed by atoms with E-state index in [0.717, 1.165) is 4.88 Å². The average molecular weight is 532 g/mol. The smallest absolute Gasteiger partial charge is 0.272 e. The number of ether oxygens (including phenoxy) is 2. The van der Waals surface area contributed by atoms with Gasteiger partial charge in [-0.15, -0.1) is 11.3 Å². The molecule has 0 aliphatic rings. The molecule has 0 fully saturated rings. The number of aromatic nitrogens is 4. The van der Waals surface area contributed by atoms with Crippen LogP contribution in [0.5, 0.6) is 17.2 Å².